The molecule has 10 unspecified atom stereocenters. The molecule has 8 saturated heterocycles. The molecular formula is C34H36N6O6S4. The van der Waals surface area contributed by atoms with E-state index in [0.29, 0.717) is 22.5 Å². The predicted octanol–water partition coefficient (Wildman–Crippen LogP) is 2.60. The number of likely N-dealkylation sites (N-methyl/N-ethyl adjacent to an activating group) is 2. The van der Waals surface area contributed by atoms with Gasteiger partial charge in [-0.2, -0.15) is 0 Å². The van der Waals surface area contributed by atoms with Gasteiger partial charge in [0.2, 0.25) is 9.74 Å². The number of rotatable bonds is 3. The zero-order valence-electron chi connectivity index (χ0n) is 28.0. The van der Waals surface area contributed by atoms with Gasteiger partial charge in [-0.3, -0.25) is 29.0 Å². The number of amides is 4. The summed E-state index contributed by atoms with van der Waals surface area (Å²) in [6, 6.07) is 14.9. The number of para-hydroxylation sites is 2. The number of aliphatic hydroxyl groups excluding tert-OH is 2. The molecule has 262 valence electrons. The highest BCUT2D eigenvalue weighted by Crippen LogP contribution is 2.79. The number of carbonyl (C=O) groups is 4. The van der Waals surface area contributed by atoms with Gasteiger partial charge in [-0.05, 0) is 56.7 Å². The number of nitrogens with one attached hydrogen (secondary N) is 2. The lowest BCUT2D eigenvalue weighted by molar-refractivity contribution is -0.169. The van der Waals surface area contributed by atoms with Crippen molar-refractivity contribution in [2.45, 2.75) is 82.5 Å². The zero-order valence-corrected chi connectivity index (χ0v) is 31.3. The maximum absolute atomic E-state index is 15.2. The fraction of sp³-hybridized carbons (Fsp3) is 0.529. The highest BCUT2D eigenvalue weighted by Gasteiger charge is 2.93. The van der Waals surface area contributed by atoms with Gasteiger partial charge < -0.3 is 30.6 Å². The van der Waals surface area contributed by atoms with E-state index >= 15 is 9.59 Å². The second-order valence-electron chi connectivity index (χ2n) is 15.2. The van der Waals surface area contributed by atoms with Crippen molar-refractivity contribution >= 4 is 78.2 Å². The SMILES string of the molecule is CC(C)C12SSC3(C(=O)N1C)C(O)C1(C45c6ccccc6NC4N4C(=O)C6(C(C)C)SSC4(C(=O)N6C)C5O)c4ccccc4NC1N3C2=O. The summed E-state index contributed by atoms with van der Waals surface area (Å²) in [6.45, 7) is 7.66. The highest BCUT2D eigenvalue weighted by molar-refractivity contribution is 8.78. The normalized spacial score (nSPS) is 44.4. The van der Waals surface area contributed by atoms with Gasteiger partial charge in [0, 0.05) is 25.5 Å². The van der Waals surface area contributed by atoms with Crippen LogP contribution in [0.5, 0.6) is 0 Å². The molecule has 10 heterocycles. The average molecular weight is 753 g/mol. The van der Waals surface area contributed by atoms with E-state index in [1.165, 1.54) is 53.0 Å². The first-order valence-electron chi connectivity index (χ1n) is 16.8. The van der Waals surface area contributed by atoms with E-state index in [1.807, 2.05) is 76.2 Å². The molecular weight excluding hydrogens is 717 g/mol. The van der Waals surface area contributed by atoms with Gasteiger partial charge in [0.25, 0.3) is 23.6 Å². The minimum Gasteiger partial charge on any atom is -0.388 e. The monoisotopic (exact) mass is 752 g/mol. The standard InChI is InChI=1S/C34H36N6O6S4/c1-15(2)31-27(45)39-23-29(17-11-7-9-13-19(17)35-23,21(41)33(39,49-47-31)25(43)37(31)5)30-18-12-8-10-14-20(18)36-24(30)40-28(46)32(16(3)4)38(6)26(44)34(40,22(30)42)50-48-32/h7-16,21-24,35-36,41-42H,1-6H3. The molecule has 4 bridgehead atoms. The van der Waals surface area contributed by atoms with Crippen LogP contribution in [0.1, 0.15) is 38.8 Å². The summed E-state index contributed by atoms with van der Waals surface area (Å²) in [6.07, 6.45) is -5.27. The van der Waals surface area contributed by atoms with Gasteiger partial charge in [-0.1, -0.05) is 85.7 Å². The molecule has 0 aromatic heterocycles. The van der Waals surface area contributed by atoms with Crippen LogP contribution >= 0.6 is 43.2 Å². The van der Waals surface area contributed by atoms with Crippen LogP contribution in [0.2, 0.25) is 0 Å². The molecule has 0 aliphatic carbocycles. The number of hydrogen-bond donors (Lipinski definition) is 4. The van der Waals surface area contributed by atoms with E-state index in [1.54, 1.807) is 23.9 Å². The van der Waals surface area contributed by atoms with Crippen LogP contribution < -0.4 is 10.6 Å². The largest absolute Gasteiger partial charge is 0.388 e. The van der Waals surface area contributed by atoms with Crippen LogP contribution in [0.4, 0.5) is 11.4 Å². The Balaban J connectivity index is 1.33. The van der Waals surface area contributed by atoms with Crippen molar-refractivity contribution in [1.29, 1.82) is 0 Å². The fourth-order valence-corrected chi connectivity index (χ4v) is 19.4. The molecule has 0 radical (unpaired) electrons. The van der Waals surface area contributed by atoms with E-state index in [-0.39, 0.29) is 23.7 Å². The first-order valence-corrected chi connectivity index (χ1v) is 21.1. The summed E-state index contributed by atoms with van der Waals surface area (Å²) >= 11 is 0. The van der Waals surface area contributed by atoms with Crippen molar-refractivity contribution in [2.24, 2.45) is 11.8 Å². The van der Waals surface area contributed by atoms with E-state index in [4.69, 9.17) is 0 Å². The molecule has 12 nitrogen and oxygen atoms in total. The van der Waals surface area contributed by atoms with Gasteiger partial charge >= 0.3 is 0 Å². The molecule has 50 heavy (non-hydrogen) atoms. The number of aliphatic hydroxyl groups is 2. The molecule has 8 fully saturated rings. The highest BCUT2D eigenvalue weighted by atomic mass is 33.1. The summed E-state index contributed by atoms with van der Waals surface area (Å²) in [5, 5.41) is 34.2. The van der Waals surface area contributed by atoms with Crippen LogP contribution in [0.3, 0.4) is 0 Å². The van der Waals surface area contributed by atoms with E-state index in [0.717, 1.165) is 0 Å². The molecule has 10 atom stereocenters. The second kappa shape index (κ2) is 9.23. The Morgan fingerprint density at radius 1 is 0.600 bits per heavy atom. The predicted molar refractivity (Wildman–Crippen MR) is 193 cm³/mol. The van der Waals surface area contributed by atoms with Crippen LogP contribution in [-0.4, -0.2) is 112 Å². The second-order valence-corrected chi connectivity index (χ2v) is 20.4. The van der Waals surface area contributed by atoms with Crippen LogP contribution in [0.25, 0.3) is 0 Å². The van der Waals surface area contributed by atoms with Crippen LogP contribution in [0.15, 0.2) is 48.5 Å². The van der Waals surface area contributed by atoms with Gasteiger partial charge in [-0.25, -0.2) is 0 Å². The molecule has 2 aromatic rings. The Hall–Kier alpha value is -2.76. The molecule has 0 saturated carbocycles. The molecule has 10 aliphatic heterocycles. The van der Waals surface area contributed by atoms with Crippen molar-refractivity contribution in [3.63, 3.8) is 0 Å². The number of benzene rings is 2. The minimum absolute atomic E-state index is 0.276. The van der Waals surface area contributed by atoms with Gasteiger partial charge in [0.15, 0.2) is 9.74 Å². The molecule has 4 N–H and O–H groups in total. The van der Waals surface area contributed by atoms with Crippen molar-refractivity contribution in [3.05, 3.63) is 59.7 Å². The third-order valence-corrected chi connectivity index (χ3v) is 20.9. The van der Waals surface area contributed by atoms with Crippen molar-refractivity contribution in [3.8, 4) is 0 Å². The lowest BCUT2D eigenvalue weighted by Gasteiger charge is -2.60. The first-order chi connectivity index (χ1) is 23.7. The fourth-order valence-electron chi connectivity index (χ4n) is 11.0. The minimum atomic E-state index is -1.78. The molecule has 2 aromatic carbocycles. The van der Waals surface area contributed by atoms with Crippen LogP contribution in [-0.2, 0) is 30.0 Å². The number of carbonyl (C=O) groups excluding carboxylic acids is 4. The summed E-state index contributed by atoms with van der Waals surface area (Å²) in [5.41, 5.74) is -0.799. The van der Waals surface area contributed by atoms with Gasteiger partial charge in [0.05, 0.1) is 10.8 Å². The van der Waals surface area contributed by atoms with Crippen molar-refractivity contribution in [2.75, 3.05) is 24.7 Å². The Kier molecular flexibility index (Phi) is 5.90. The molecule has 2 spiro atoms. The lowest BCUT2D eigenvalue weighted by atomic mass is 9.52. The average Bonchev–Trinajstić information content (AvgIpc) is 3.74. The third kappa shape index (κ3) is 2.67. The summed E-state index contributed by atoms with van der Waals surface area (Å²) in [7, 11) is 8.25. The zero-order chi connectivity index (χ0) is 35.3. The van der Waals surface area contributed by atoms with E-state index in [9.17, 15) is 19.8 Å². The number of nitrogens with zero attached hydrogens (tertiary/aromatic N) is 4. The number of piperazine rings is 2. The van der Waals surface area contributed by atoms with Crippen molar-refractivity contribution in [1.82, 2.24) is 19.6 Å². The molecule has 10 aliphatic rings. The Labute approximate surface area is 304 Å². The molecule has 16 heteroatoms. The van der Waals surface area contributed by atoms with Crippen molar-refractivity contribution < 1.29 is 29.4 Å². The molecule has 12 rings (SSSR count). The van der Waals surface area contributed by atoms with Crippen LogP contribution in [0, 0.1) is 11.8 Å². The third-order valence-electron chi connectivity index (χ3n) is 13.1. The summed E-state index contributed by atoms with van der Waals surface area (Å²) in [5.74, 6) is -1.97. The first kappa shape index (κ1) is 31.9. The Bertz CT molecular complexity index is 1870. The summed E-state index contributed by atoms with van der Waals surface area (Å²) in [4.78, 5) is 60.2. The Morgan fingerprint density at radius 2 is 0.960 bits per heavy atom. The maximum Gasteiger partial charge on any atom is 0.264 e. The molecule has 4 amide bonds. The smallest absolute Gasteiger partial charge is 0.264 e. The maximum atomic E-state index is 15.2. The van der Waals surface area contributed by atoms with E-state index < -0.39 is 66.7 Å². The Morgan fingerprint density at radius 3 is 1.32 bits per heavy atom. The number of anilines is 2. The number of hydrogen-bond acceptors (Lipinski definition) is 12. The van der Waals surface area contributed by atoms with E-state index in [2.05, 4.69) is 10.6 Å². The topological polar surface area (TPSA) is 146 Å². The van der Waals surface area contributed by atoms with Gasteiger partial charge in [-0.15, -0.1) is 0 Å². The number of fused-ring (bicyclic) bond motifs is 11. The van der Waals surface area contributed by atoms with Gasteiger partial charge in [0.1, 0.15) is 24.5 Å². The summed E-state index contributed by atoms with van der Waals surface area (Å²) < 4.78 is 0. The lowest BCUT2D eigenvalue weighted by Crippen LogP contribution is -2.79. The quantitative estimate of drug-likeness (QED) is 0.342.